The summed E-state index contributed by atoms with van der Waals surface area (Å²) in [7, 11) is -3.59. The quantitative estimate of drug-likeness (QED) is 0.467. The van der Waals surface area contributed by atoms with Crippen LogP contribution in [0.4, 0.5) is 0 Å². The van der Waals surface area contributed by atoms with E-state index in [9.17, 15) is 13.5 Å². The van der Waals surface area contributed by atoms with Crippen LogP contribution in [0.15, 0.2) is 78.0 Å². The van der Waals surface area contributed by atoms with E-state index in [4.69, 9.17) is 0 Å². The number of aromatic nitrogens is 2. The fraction of sp³-hybridized carbons (Fsp3) is 0.0952. The van der Waals surface area contributed by atoms with Crippen molar-refractivity contribution in [3.05, 3.63) is 78.6 Å². The monoisotopic (exact) mass is 393 g/mol. The SMILES string of the molecule is O=S(=O)(NCCc1ccc(O)cc1)c1ccc(-c2ccnc3[nH]ccc23)cc1. The first-order chi connectivity index (χ1) is 13.5. The van der Waals surface area contributed by atoms with Gasteiger partial charge in [-0.15, -0.1) is 0 Å². The molecular weight excluding hydrogens is 374 g/mol. The van der Waals surface area contributed by atoms with E-state index >= 15 is 0 Å². The highest BCUT2D eigenvalue weighted by Gasteiger charge is 2.14. The van der Waals surface area contributed by atoms with Crippen LogP contribution >= 0.6 is 0 Å². The minimum Gasteiger partial charge on any atom is -0.508 e. The average molecular weight is 393 g/mol. The second-order valence-electron chi connectivity index (χ2n) is 6.44. The molecule has 0 aliphatic carbocycles. The molecule has 2 heterocycles. The summed E-state index contributed by atoms with van der Waals surface area (Å²) in [5, 5.41) is 10.3. The number of phenols is 1. The molecule has 0 amide bonds. The van der Waals surface area contributed by atoms with Gasteiger partial charge in [-0.05, 0) is 59.5 Å². The Morgan fingerprint density at radius 1 is 0.964 bits per heavy atom. The molecule has 6 nitrogen and oxygen atoms in total. The molecule has 2 aromatic heterocycles. The third kappa shape index (κ3) is 3.76. The molecule has 0 aliphatic rings. The molecule has 0 saturated carbocycles. The Bertz CT molecular complexity index is 1200. The van der Waals surface area contributed by atoms with Crippen molar-refractivity contribution in [2.45, 2.75) is 11.3 Å². The van der Waals surface area contributed by atoms with Gasteiger partial charge in [0.15, 0.2) is 0 Å². The van der Waals surface area contributed by atoms with Crippen molar-refractivity contribution < 1.29 is 13.5 Å². The van der Waals surface area contributed by atoms with Crippen molar-refractivity contribution in [3.8, 4) is 16.9 Å². The molecule has 0 radical (unpaired) electrons. The molecule has 0 fully saturated rings. The van der Waals surface area contributed by atoms with Crippen LogP contribution in [0.5, 0.6) is 5.75 Å². The van der Waals surface area contributed by atoms with E-state index in [0.717, 1.165) is 27.7 Å². The number of hydrogen-bond acceptors (Lipinski definition) is 4. The van der Waals surface area contributed by atoms with Gasteiger partial charge in [0.05, 0.1) is 4.90 Å². The number of hydrogen-bond donors (Lipinski definition) is 3. The van der Waals surface area contributed by atoms with Crippen LogP contribution in [0.3, 0.4) is 0 Å². The van der Waals surface area contributed by atoms with Crippen molar-refractivity contribution in [1.82, 2.24) is 14.7 Å². The summed E-state index contributed by atoms with van der Waals surface area (Å²) in [6.07, 6.45) is 4.10. The van der Waals surface area contributed by atoms with Crippen LogP contribution in [-0.4, -0.2) is 30.0 Å². The summed E-state index contributed by atoms with van der Waals surface area (Å²) in [6, 6.07) is 17.4. The third-order valence-electron chi connectivity index (χ3n) is 4.58. The number of aromatic amines is 1. The van der Waals surface area contributed by atoms with Gasteiger partial charge >= 0.3 is 0 Å². The smallest absolute Gasteiger partial charge is 0.240 e. The summed E-state index contributed by atoms with van der Waals surface area (Å²) in [6.45, 7) is 0.281. The number of sulfonamides is 1. The van der Waals surface area contributed by atoms with Gasteiger partial charge in [0.1, 0.15) is 11.4 Å². The first kappa shape index (κ1) is 18.2. The Morgan fingerprint density at radius 3 is 2.46 bits per heavy atom. The van der Waals surface area contributed by atoms with Crippen LogP contribution < -0.4 is 4.72 Å². The Hall–Kier alpha value is -3.16. The normalized spacial score (nSPS) is 11.7. The molecule has 28 heavy (non-hydrogen) atoms. The second-order valence-corrected chi connectivity index (χ2v) is 8.20. The summed E-state index contributed by atoms with van der Waals surface area (Å²) in [5.41, 5.74) is 3.67. The summed E-state index contributed by atoms with van der Waals surface area (Å²) in [4.78, 5) is 7.57. The molecule has 0 unspecified atom stereocenters. The molecule has 4 rings (SSSR count). The summed E-state index contributed by atoms with van der Waals surface area (Å²) >= 11 is 0. The van der Waals surface area contributed by atoms with Crippen molar-refractivity contribution in [2.75, 3.05) is 6.54 Å². The largest absolute Gasteiger partial charge is 0.508 e. The Kier molecular flexibility index (Phi) is 4.85. The van der Waals surface area contributed by atoms with Crippen LogP contribution in [0.1, 0.15) is 5.56 Å². The van der Waals surface area contributed by atoms with E-state index in [0.29, 0.717) is 6.42 Å². The number of rotatable bonds is 6. The maximum absolute atomic E-state index is 12.5. The minimum absolute atomic E-state index is 0.190. The van der Waals surface area contributed by atoms with Gasteiger partial charge in [-0.25, -0.2) is 18.1 Å². The van der Waals surface area contributed by atoms with Gasteiger partial charge in [-0.3, -0.25) is 0 Å². The van der Waals surface area contributed by atoms with E-state index in [1.54, 1.807) is 54.7 Å². The van der Waals surface area contributed by atoms with Crippen LogP contribution in [-0.2, 0) is 16.4 Å². The molecule has 0 saturated heterocycles. The highest BCUT2D eigenvalue weighted by molar-refractivity contribution is 7.89. The zero-order valence-corrected chi connectivity index (χ0v) is 15.8. The lowest BCUT2D eigenvalue weighted by Crippen LogP contribution is -2.25. The van der Waals surface area contributed by atoms with Crippen molar-refractivity contribution >= 4 is 21.1 Å². The molecule has 7 heteroatoms. The number of pyridine rings is 1. The number of nitrogens with zero attached hydrogens (tertiary/aromatic N) is 1. The average Bonchev–Trinajstić information content (AvgIpc) is 3.18. The summed E-state index contributed by atoms with van der Waals surface area (Å²) in [5.74, 6) is 0.190. The number of benzene rings is 2. The van der Waals surface area contributed by atoms with Crippen molar-refractivity contribution in [2.24, 2.45) is 0 Å². The van der Waals surface area contributed by atoms with Crippen molar-refractivity contribution in [1.29, 1.82) is 0 Å². The molecule has 4 aromatic rings. The lowest BCUT2D eigenvalue weighted by atomic mass is 10.0. The molecule has 0 atom stereocenters. The Morgan fingerprint density at radius 2 is 1.71 bits per heavy atom. The first-order valence-corrected chi connectivity index (χ1v) is 10.3. The van der Waals surface area contributed by atoms with E-state index in [-0.39, 0.29) is 17.2 Å². The van der Waals surface area contributed by atoms with E-state index in [1.807, 2.05) is 18.3 Å². The maximum atomic E-state index is 12.5. The van der Waals surface area contributed by atoms with Gasteiger partial charge in [0.2, 0.25) is 10.0 Å². The molecule has 0 spiro atoms. The van der Waals surface area contributed by atoms with Gasteiger partial charge < -0.3 is 10.1 Å². The fourth-order valence-corrected chi connectivity index (χ4v) is 4.13. The lowest BCUT2D eigenvalue weighted by molar-refractivity contribution is 0.475. The van der Waals surface area contributed by atoms with E-state index in [1.165, 1.54) is 0 Å². The third-order valence-corrected chi connectivity index (χ3v) is 6.05. The van der Waals surface area contributed by atoms with Crippen LogP contribution in [0.25, 0.3) is 22.2 Å². The molecule has 2 aromatic carbocycles. The summed E-state index contributed by atoms with van der Waals surface area (Å²) < 4.78 is 27.7. The molecule has 0 bridgehead atoms. The zero-order valence-electron chi connectivity index (χ0n) is 15.0. The highest BCUT2D eigenvalue weighted by atomic mass is 32.2. The number of nitrogens with one attached hydrogen (secondary N) is 2. The number of H-pyrrole nitrogens is 1. The van der Waals surface area contributed by atoms with Gasteiger partial charge in [-0.2, -0.15) is 0 Å². The lowest BCUT2D eigenvalue weighted by Gasteiger charge is -2.09. The van der Waals surface area contributed by atoms with Crippen molar-refractivity contribution in [3.63, 3.8) is 0 Å². The topological polar surface area (TPSA) is 95.1 Å². The van der Waals surface area contributed by atoms with Gasteiger partial charge in [0, 0.05) is 24.3 Å². The predicted octanol–water partition coefficient (Wildman–Crippen LogP) is 3.46. The number of aromatic hydroxyl groups is 1. The Labute approximate surface area is 162 Å². The second kappa shape index (κ2) is 7.46. The first-order valence-electron chi connectivity index (χ1n) is 8.83. The Balaban J connectivity index is 1.48. The molecule has 142 valence electrons. The number of fused-ring (bicyclic) bond motifs is 1. The molecule has 3 N–H and O–H groups in total. The standard InChI is InChI=1S/C21H19N3O3S/c25-17-5-1-15(2-6-17)9-14-24-28(26,27)18-7-3-16(4-8-18)19-10-12-22-21-20(19)11-13-23-21/h1-8,10-13,24-25H,9,14H2,(H,22,23). The van der Waals surface area contributed by atoms with Gasteiger partial charge in [0.25, 0.3) is 0 Å². The zero-order chi connectivity index (χ0) is 19.6. The predicted molar refractivity (Wildman–Crippen MR) is 109 cm³/mol. The van der Waals surface area contributed by atoms with E-state index < -0.39 is 10.0 Å². The molecular formula is C21H19N3O3S. The maximum Gasteiger partial charge on any atom is 0.240 e. The molecule has 0 aliphatic heterocycles. The van der Waals surface area contributed by atoms with Crippen LogP contribution in [0.2, 0.25) is 0 Å². The highest BCUT2D eigenvalue weighted by Crippen LogP contribution is 2.27. The van der Waals surface area contributed by atoms with Crippen LogP contribution in [0, 0.1) is 0 Å². The minimum atomic E-state index is -3.59. The van der Waals surface area contributed by atoms with E-state index in [2.05, 4.69) is 14.7 Å². The van der Waals surface area contributed by atoms with Gasteiger partial charge in [-0.1, -0.05) is 24.3 Å². The number of phenolic OH excluding ortho intramolecular Hbond substituents is 1. The fourth-order valence-electron chi connectivity index (χ4n) is 3.10.